The summed E-state index contributed by atoms with van der Waals surface area (Å²) >= 11 is 0. The molecule has 2 aromatic rings. The van der Waals surface area contributed by atoms with Crippen molar-refractivity contribution in [2.75, 3.05) is 0 Å². The van der Waals surface area contributed by atoms with Crippen LogP contribution in [-0.4, -0.2) is 4.98 Å². The lowest BCUT2D eigenvalue weighted by molar-refractivity contribution is 1.12. The van der Waals surface area contributed by atoms with Crippen molar-refractivity contribution >= 4 is 0 Å². The van der Waals surface area contributed by atoms with E-state index in [1.165, 1.54) is 18.4 Å². The molecule has 1 aliphatic carbocycles. The van der Waals surface area contributed by atoms with Crippen LogP contribution >= 0.6 is 0 Å². The number of hydrogen-bond acceptors (Lipinski definition) is 2. The minimum Gasteiger partial charge on any atom is -0.325 e. The standard InChI is InChI=1S/C16H14N2O/c1-10-7-14(15(9-17)16(19)18-10)13-4-2-3-12(8-13)11-5-6-11/h2-4,7-8,11H,5-6H2,1H3,(H,18,19). The van der Waals surface area contributed by atoms with Gasteiger partial charge in [-0.15, -0.1) is 0 Å². The molecular weight excluding hydrogens is 236 g/mol. The Kier molecular flexibility index (Phi) is 2.72. The molecule has 1 heterocycles. The Labute approximate surface area is 111 Å². The van der Waals surface area contributed by atoms with Crippen molar-refractivity contribution < 1.29 is 0 Å². The molecule has 0 amide bonds. The van der Waals surface area contributed by atoms with Gasteiger partial charge < -0.3 is 4.98 Å². The van der Waals surface area contributed by atoms with E-state index in [9.17, 15) is 10.1 Å². The van der Waals surface area contributed by atoms with Crippen LogP contribution in [0.4, 0.5) is 0 Å². The SMILES string of the molecule is Cc1cc(-c2cccc(C3CC3)c2)c(C#N)c(=O)[nH]1. The molecule has 0 unspecified atom stereocenters. The zero-order valence-electron chi connectivity index (χ0n) is 10.7. The van der Waals surface area contributed by atoms with Gasteiger partial charge in [-0.3, -0.25) is 4.79 Å². The van der Waals surface area contributed by atoms with Gasteiger partial charge in [-0.2, -0.15) is 5.26 Å². The molecule has 1 fully saturated rings. The van der Waals surface area contributed by atoms with Crippen LogP contribution in [-0.2, 0) is 0 Å². The number of aromatic amines is 1. The summed E-state index contributed by atoms with van der Waals surface area (Å²) in [5.74, 6) is 0.661. The van der Waals surface area contributed by atoms with Crippen LogP contribution in [0.2, 0.25) is 0 Å². The minimum absolute atomic E-state index is 0.193. The van der Waals surface area contributed by atoms with E-state index in [1.807, 2.05) is 31.2 Å². The van der Waals surface area contributed by atoms with Gasteiger partial charge in [0, 0.05) is 11.3 Å². The van der Waals surface area contributed by atoms with Crippen LogP contribution in [0.25, 0.3) is 11.1 Å². The second kappa shape index (κ2) is 4.40. The monoisotopic (exact) mass is 250 g/mol. The zero-order valence-corrected chi connectivity index (χ0v) is 10.7. The van der Waals surface area contributed by atoms with Crippen LogP contribution < -0.4 is 5.56 Å². The van der Waals surface area contributed by atoms with Gasteiger partial charge in [-0.05, 0) is 42.9 Å². The summed E-state index contributed by atoms with van der Waals surface area (Å²) in [4.78, 5) is 14.5. The first-order chi connectivity index (χ1) is 9.19. The highest BCUT2D eigenvalue weighted by Crippen LogP contribution is 2.41. The van der Waals surface area contributed by atoms with Gasteiger partial charge >= 0.3 is 0 Å². The molecule has 1 aromatic heterocycles. The van der Waals surface area contributed by atoms with Crippen molar-refractivity contribution in [3.63, 3.8) is 0 Å². The topological polar surface area (TPSA) is 56.6 Å². The van der Waals surface area contributed by atoms with Gasteiger partial charge in [0.2, 0.25) is 0 Å². The lowest BCUT2D eigenvalue weighted by Crippen LogP contribution is -2.12. The van der Waals surface area contributed by atoms with Gasteiger partial charge in [0.25, 0.3) is 5.56 Å². The maximum Gasteiger partial charge on any atom is 0.266 e. The largest absolute Gasteiger partial charge is 0.325 e. The maximum absolute atomic E-state index is 11.8. The van der Waals surface area contributed by atoms with Crippen LogP contribution in [0.1, 0.15) is 35.6 Å². The quantitative estimate of drug-likeness (QED) is 0.890. The number of aromatic nitrogens is 1. The molecule has 3 rings (SSSR count). The van der Waals surface area contributed by atoms with E-state index in [2.05, 4.69) is 17.1 Å². The van der Waals surface area contributed by atoms with E-state index >= 15 is 0 Å². The van der Waals surface area contributed by atoms with Crippen LogP contribution in [0.5, 0.6) is 0 Å². The molecular formula is C16H14N2O. The summed E-state index contributed by atoms with van der Waals surface area (Å²) in [7, 11) is 0. The Morgan fingerprint density at radius 2 is 2.11 bits per heavy atom. The highest BCUT2D eigenvalue weighted by atomic mass is 16.1. The summed E-state index contributed by atoms with van der Waals surface area (Å²) in [6.07, 6.45) is 2.48. The van der Waals surface area contributed by atoms with Crippen molar-refractivity contribution in [3.05, 3.63) is 57.5 Å². The summed E-state index contributed by atoms with van der Waals surface area (Å²) in [5, 5.41) is 9.17. The van der Waals surface area contributed by atoms with E-state index in [4.69, 9.17) is 0 Å². The summed E-state index contributed by atoms with van der Waals surface area (Å²) < 4.78 is 0. The number of pyridine rings is 1. The number of nitriles is 1. The molecule has 0 saturated heterocycles. The molecule has 3 nitrogen and oxygen atoms in total. The fourth-order valence-electron chi connectivity index (χ4n) is 2.40. The van der Waals surface area contributed by atoms with Gasteiger partial charge in [0.05, 0.1) is 0 Å². The normalized spacial score (nSPS) is 14.1. The van der Waals surface area contributed by atoms with Crippen LogP contribution in [0, 0.1) is 18.3 Å². The van der Waals surface area contributed by atoms with Crippen molar-refractivity contribution in [1.82, 2.24) is 4.98 Å². The maximum atomic E-state index is 11.8. The molecule has 0 atom stereocenters. The van der Waals surface area contributed by atoms with Gasteiger partial charge in [0.15, 0.2) is 0 Å². The minimum atomic E-state index is -0.311. The van der Waals surface area contributed by atoms with Crippen LogP contribution in [0.15, 0.2) is 35.1 Å². The number of H-pyrrole nitrogens is 1. The Balaban J connectivity index is 2.19. The number of nitrogens with one attached hydrogen (secondary N) is 1. The Bertz CT molecular complexity index is 733. The predicted molar refractivity (Wildman–Crippen MR) is 73.9 cm³/mol. The van der Waals surface area contributed by atoms with Gasteiger partial charge in [-0.1, -0.05) is 24.3 Å². The second-order valence-corrected chi connectivity index (χ2v) is 5.08. The first-order valence-corrected chi connectivity index (χ1v) is 6.43. The van der Waals surface area contributed by atoms with E-state index < -0.39 is 0 Å². The van der Waals surface area contributed by atoms with Crippen molar-refractivity contribution in [2.24, 2.45) is 0 Å². The smallest absolute Gasteiger partial charge is 0.266 e. The molecule has 1 saturated carbocycles. The van der Waals surface area contributed by atoms with E-state index in [1.54, 1.807) is 0 Å². The number of nitrogens with zero attached hydrogens (tertiary/aromatic N) is 1. The molecule has 0 aliphatic heterocycles. The average Bonchev–Trinajstić information content (AvgIpc) is 3.22. The third-order valence-corrected chi connectivity index (χ3v) is 3.53. The molecule has 0 bridgehead atoms. The average molecular weight is 250 g/mol. The highest BCUT2D eigenvalue weighted by Gasteiger charge is 2.23. The zero-order chi connectivity index (χ0) is 13.4. The highest BCUT2D eigenvalue weighted by molar-refractivity contribution is 5.71. The Morgan fingerprint density at radius 3 is 2.79 bits per heavy atom. The molecule has 3 heteroatoms. The molecule has 1 aromatic carbocycles. The molecule has 1 N–H and O–H groups in total. The molecule has 0 spiro atoms. The predicted octanol–water partition coefficient (Wildman–Crippen LogP) is 3.10. The first-order valence-electron chi connectivity index (χ1n) is 6.43. The summed E-state index contributed by atoms with van der Waals surface area (Å²) in [6.45, 7) is 1.83. The van der Waals surface area contributed by atoms with Gasteiger partial charge in [-0.25, -0.2) is 0 Å². The molecule has 94 valence electrons. The number of rotatable bonds is 2. The Morgan fingerprint density at radius 1 is 1.32 bits per heavy atom. The van der Waals surface area contributed by atoms with Crippen LogP contribution in [0.3, 0.4) is 0 Å². The fraction of sp³-hybridized carbons (Fsp3) is 0.250. The third kappa shape index (κ3) is 2.17. The van der Waals surface area contributed by atoms with Gasteiger partial charge in [0.1, 0.15) is 11.6 Å². The first kappa shape index (κ1) is 11.7. The summed E-state index contributed by atoms with van der Waals surface area (Å²) in [5.41, 5.74) is 3.64. The molecule has 19 heavy (non-hydrogen) atoms. The molecule has 1 aliphatic rings. The number of aryl methyl sites for hydroxylation is 1. The number of hydrogen-bond donors (Lipinski definition) is 1. The van der Waals surface area contributed by atoms with E-state index in [0.717, 1.165) is 16.8 Å². The lowest BCUT2D eigenvalue weighted by Gasteiger charge is -2.07. The Hall–Kier alpha value is -2.34. The molecule has 0 radical (unpaired) electrons. The van der Waals surface area contributed by atoms with Crippen molar-refractivity contribution in [2.45, 2.75) is 25.7 Å². The summed E-state index contributed by atoms with van der Waals surface area (Å²) in [6, 6.07) is 12.1. The second-order valence-electron chi connectivity index (χ2n) is 5.08. The van der Waals surface area contributed by atoms with Crippen molar-refractivity contribution in [3.8, 4) is 17.2 Å². The third-order valence-electron chi connectivity index (χ3n) is 3.53. The lowest BCUT2D eigenvalue weighted by atomic mass is 9.98. The van der Waals surface area contributed by atoms with E-state index in [-0.39, 0.29) is 11.1 Å². The van der Waals surface area contributed by atoms with Crippen molar-refractivity contribution in [1.29, 1.82) is 5.26 Å². The number of benzene rings is 1. The fourth-order valence-corrected chi connectivity index (χ4v) is 2.40. The van der Waals surface area contributed by atoms with E-state index in [0.29, 0.717) is 5.92 Å².